The lowest BCUT2D eigenvalue weighted by Crippen LogP contribution is -2.29. The van der Waals surface area contributed by atoms with Crippen LogP contribution in [0.2, 0.25) is 0 Å². The van der Waals surface area contributed by atoms with E-state index in [1.807, 2.05) is 24.3 Å². The summed E-state index contributed by atoms with van der Waals surface area (Å²) in [4.78, 5) is 24.9. The quantitative estimate of drug-likeness (QED) is 0.689. The maximum atomic E-state index is 12.1. The summed E-state index contributed by atoms with van der Waals surface area (Å²) < 4.78 is 2.40. The minimum Gasteiger partial charge on any atom is -0.338 e. The first-order chi connectivity index (χ1) is 9.31. The highest BCUT2D eigenvalue weighted by Gasteiger charge is 2.10. The Labute approximate surface area is 111 Å². The topological polar surface area (TPSA) is 63.0 Å². The molecule has 1 aliphatic rings. The number of hydrogen-bond donors (Lipinski definition) is 1. The van der Waals surface area contributed by atoms with E-state index in [4.69, 9.17) is 0 Å². The van der Waals surface area contributed by atoms with E-state index in [1.54, 1.807) is 10.6 Å². The Morgan fingerprint density at radius 1 is 1.37 bits per heavy atom. The molecule has 94 valence electrons. The lowest BCUT2D eigenvalue weighted by molar-refractivity contribution is 0.740. The van der Waals surface area contributed by atoms with Crippen molar-refractivity contribution in [1.82, 2.24) is 14.5 Å². The zero-order valence-corrected chi connectivity index (χ0v) is 10.8. The smallest absolute Gasteiger partial charge is 0.270 e. The SMILES string of the molecule is O=c1/c(=C\c2nc3ccccc3[nH]2)sc2n1CCN=2. The fourth-order valence-corrected chi connectivity index (χ4v) is 3.24. The van der Waals surface area contributed by atoms with Crippen molar-refractivity contribution < 1.29 is 0 Å². The maximum Gasteiger partial charge on any atom is 0.270 e. The average Bonchev–Trinajstić information content (AvgIpc) is 3.07. The summed E-state index contributed by atoms with van der Waals surface area (Å²) in [5.74, 6) is 0.707. The third-order valence-electron chi connectivity index (χ3n) is 3.13. The van der Waals surface area contributed by atoms with Crippen LogP contribution in [0.1, 0.15) is 5.82 Å². The molecule has 3 aromatic rings. The van der Waals surface area contributed by atoms with Crippen molar-refractivity contribution >= 4 is 28.4 Å². The second-order valence-corrected chi connectivity index (χ2v) is 5.38. The zero-order chi connectivity index (χ0) is 12.8. The number of H-pyrrole nitrogens is 1. The third kappa shape index (κ3) is 1.64. The standard InChI is InChI=1S/C13H10N4OS/c18-12-10(19-13-14-5-6-17(12)13)7-11-15-8-3-1-2-4-9(8)16-11/h1-4,7H,5-6H2,(H,15,16)/b10-7+. The normalized spacial score (nSPS) is 14.8. The van der Waals surface area contributed by atoms with Crippen molar-refractivity contribution in [1.29, 1.82) is 0 Å². The van der Waals surface area contributed by atoms with E-state index in [-0.39, 0.29) is 5.56 Å². The van der Waals surface area contributed by atoms with Gasteiger partial charge in [0.15, 0.2) is 4.80 Å². The van der Waals surface area contributed by atoms with Crippen molar-refractivity contribution in [3.8, 4) is 0 Å². The number of imidazole rings is 1. The molecule has 0 amide bonds. The molecule has 0 fully saturated rings. The molecule has 0 atom stereocenters. The van der Waals surface area contributed by atoms with Crippen molar-refractivity contribution in [2.45, 2.75) is 6.54 Å². The first kappa shape index (κ1) is 10.7. The molecular weight excluding hydrogens is 260 g/mol. The highest BCUT2D eigenvalue weighted by atomic mass is 32.1. The maximum absolute atomic E-state index is 12.1. The second kappa shape index (κ2) is 3.89. The van der Waals surface area contributed by atoms with Crippen LogP contribution in [-0.4, -0.2) is 21.1 Å². The van der Waals surface area contributed by atoms with Crippen molar-refractivity contribution in [2.24, 2.45) is 4.99 Å². The molecule has 2 aromatic heterocycles. The van der Waals surface area contributed by atoms with Gasteiger partial charge in [0.2, 0.25) is 0 Å². The summed E-state index contributed by atoms with van der Waals surface area (Å²) >= 11 is 1.42. The number of para-hydroxylation sites is 2. The number of nitrogens with zero attached hydrogens (tertiary/aromatic N) is 3. The molecule has 0 saturated carbocycles. The van der Waals surface area contributed by atoms with E-state index in [0.29, 0.717) is 23.4 Å². The van der Waals surface area contributed by atoms with Crippen LogP contribution in [0.3, 0.4) is 0 Å². The third-order valence-corrected chi connectivity index (χ3v) is 4.18. The molecule has 1 aromatic carbocycles. The molecule has 0 unspecified atom stereocenters. The Morgan fingerprint density at radius 3 is 3.11 bits per heavy atom. The van der Waals surface area contributed by atoms with Gasteiger partial charge in [-0.25, -0.2) is 4.98 Å². The zero-order valence-electron chi connectivity index (χ0n) is 9.96. The average molecular weight is 270 g/mol. The van der Waals surface area contributed by atoms with Crippen LogP contribution in [0.25, 0.3) is 17.1 Å². The summed E-state index contributed by atoms with van der Waals surface area (Å²) in [6.07, 6.45) is 1.80. The highest BCUT2D eigenvalue weighted by Crippen LogP contribution is 2.10. The Bertz CT molecular complexity index is 914. The van der Waals surface area contributed by atoms with Crippen molar-refractivity contribution in [3.05, 3.63) is 49.8 Å². The number of fused-ring (bicyclic) bond motifs is 2. The van der Waals surface area contributed by atoms with Gasteiger partial charge in [-0.3, -0.25) is 14.4 Å². The van der Waals surface area contributed by atoms with Gasteiger partial charge >= 0.3 is 0 Å². The molecule has 4 rings (SSSR count). The van der Waals surface area contributed by atoms with Crippen LogP contribution in [-0.2, 0) is 6.54 Å². The van der Waals surface area contributed by atoms with E-state index >= 15 is 0 Å². The summed E-state index contributed by atoms with van der Waals surface area (Å²) in [7, 11) is 0. The van der Waals surface area contributed by atoms with Crippen molar-refractivity contribution in [3.63, 3.8) is 0 Å². The molecule has 1 aliphatic heterocycles. The largest absolute Gasteiger partial charge is 0.338 e. The first-order valence-electron chi connectivity index (χ1n) is 6.02. The number of aromatic nitrogens is 3. The Hall–Kier alpha value is -2.21. The van der Waals surface area contributed by atoms with E-state index in [0.717, 1.165) is 15.8 Å². The van der Waals surface area contributed by atoms with Crippen LogP contribution in [0, 0.1) is 0 Å². The Kier molecular flexibility index (Phi) is 2.19. The van der Waals surface area contributed by atoms with Gasteiger partial charge in [0.25, 0.3) is 5.56 Å². The first-order valence-corrected chi connectivity index (χ1v) is 6.83. The molecule has 1 N–H and O–H groups in total. The molecule has 3 heterocycles. The lowest BCUT2D eigenvalue weighted by atomic mass is 10.3. The van der Waals surface area contributed by atoms with E-state index in [2.05, 4.69) is 15.0 Å². The predicted octanol–water partition coefficient (Wildman–Crippen LogP) is 0.248. The summed E-state index contributed by atoms with van der Waals surface area (Å²) in [5, 5.41) is 0. The van der Waals surface area contributed by atoms with Crippen LogP contribution in [0.4, 0.5) is 0 Å². The molecule has 0 bridgehead atoms. The molecule has 0 aliphatic carbocycles. The van der Waals surface area contributed by atoms with Crippen LogP contribution in [0.5, 0.6) is 0 Å². The second-order valence-electron chi connectivity index (χ2n) is 4.37. The van der Waals surface area contributed by atoms with Gasteiger partial charge in [-0.05, 0) is 12.1 Å². The van der Waals surface area contributed by atoms with E-state index in [9.17, 15) is 4.79 Å². The molecule has 5 nitrogen and oxygen atoms in total. The van der Waals surface area contributed by atoms with Gasteiger partial charge in [-0.2, -0.15) is 0 Å². The van der Waals surface area contributed by atoms with Gasteiger partial charge in [0.1, 0.15) is 5.82 Å². The van der Waals surface area contributed by atoms with Gasteiger partial charge in [-0.15, -0.1) is 0 Å². The molecule has 0 radical (unpaired) electrons. The number of rotatable bonds is 1. The monoisotopic (exact) mass is 270 g/mol. The lowest BCUT2D eigenvalue weighted by Gasteiger charge is -1.85. The number of thiazole rings is 1. The van der Waals surface area contributed by atoms with Gasteiger partial charge in [0, 0.05) is 12.6 Å². The predicted molar refractivity (Wildman–Crippen MR) is 73.9 cm³/mol. The molecule has 0 spiro atoms. The number of nitrogens with one attached hydrogen (secondary N) is 1. The van der Waals surface area contributed by atoms with Gasteiger partial charge < -0.3 is 4.98 Å². The molecular formula is C13H10N4OS. The fraction of sp³-hybridized carbons (Fsp3) is 0.154. The molecule has 19 heavy (non-hydrogen) atoms. The number of benzene rings is 1. The highest BCUT2D eigenvalue weighted by molar-refractivity contribution is 7.07. The minimum atomic E-state index is 0.0294. The summed E-state index contributed by atoms with van der Waals surface area (Å²) in [6, 6.07) is 7.81. The van der Waals surface area contributed by atoms with Gasteiger partial charge in [-0.1, -0.05) is 23.5 Å². The van der Waals surface area contributed by atoms with Crippen LogP contribution >= 0.6 is 11.3 Å². The molecule has 6 heteroatoms. The van der Waals surface area contributed by atoms with Crippen LogP contribution < -0.4 is 14.9 Å². The van der Waals surface area contributed by atoms with Gasteiger partial charge in [0.05, 0.1) is 22.1 Å². The van der Waals surface area contributed by atoms with E-state index in [1.165, 1.54) is 11.3 Å². The Balaban J connectivity index is 1.94. The number of aromatic amines is 1. The minimum absolute atomic E-state index is 0.0294. The van der Waals surface area contributed by atoms with Crippen molar-refractivity contribution in [2.75, 3.05) is 6.54 Å². The fourth-order valence-electron chi connectivity index (χ4n) is 2.23. The Morgan fingerprint density at radius 2 is 2.26 bits per heavy atom. The summed E-state index contributed by atoms with van der Waals surface area (Å²) in [5.41, 5.74) is 1.91. The molecule has 0 saturated heterocycles. The van der Waals surface area contributed by atoms with E-state index < -0.39 is 0 Å². The number of hydrogen-bond acceptors (Lipinski definition) is 4. The van der Waals surface area contributed by atoms with Crippen LogP contribution in [0.15, 0.2) is 34.1 Å². The summed E-state index contributed by atoms with van der Waals surface area (Å²) in [6.45, 7) is 1.41.